The Kier molecular flexibility index (Phi) is 9.44. The van der Waals surface area contributed by atoms with Crippen LogP contribution in [-0.2, 0) is 23.8 Å². The summed E-state index contributed by atoms with van der Waals surface area (Å²) < 4.78 is 31.0. The average Bonchev–Trinajstić information content (AvgIpc) is 3.02. The number of ether oxygens (including phenoxy) is 3. The van der Waals surface area contributed by atoms with Gasteiger partial charge in [-0.25, -0.2) is 4.39 Å². The highest BCUT2D eigenvalue weighted by Gasteiger charge is 2.48. The van der Waals surface area contributed by atoms with Crippen LogP contribution in [0.3, 0.4) is 0 Å². The number of amides is 2. The van der Waals surface area contributed by atoms with E-state index in [9.17, 15) is 14.0 Å². The second-order valence-electron chi connectivity index (χ2n) is 7.03. The third-order valence-electron chi connectivity index (χ3n) is 4.85. The lowest BCUT2D eigenvalue weighted by Gasteiger charge is -2.33. The van der Waals surface area contributed by atoms with Gasteiger partial charge in [0.15, 0.2) is 12.4 Å². The van der Waals surface area contributed by atoms with Crippen LogP contribution in [0.5, 0.6) is 0 Å². The van der Waals surface area contributed by atoms with E-state index in [0.717, 1.165) is 19.3 Å². The Morgan fingerprint density at radius 1 is 1.43 bits per heavy atom. The first-order valence-corrected chi connectivity index (χ1v) is 9.90. The van der Waals surface area contributed by atoms with Crippen LogP contribution in [0.1, 0.15) is 19.3 Å². The molecular formula is C20H31FN4O5. The molecule has 9 nitrogen and oxygen atoms in total. The van der Waals surface area contributed by atoms with Gasteiger partial charge in [-0.15, -0.1) is 0 Å². The smallest absolute Gasteiger partial charge is 0.258 e. The zero-order chi connectivity index (χ0) is 22.1. The normalized spacial score (nSPS) is 26.8. The molecule has 0 aromatic heterocycles. The van der Waals surface area contributed by atoms with Gasteiger partial charge in [-0.2, -0.15) is 0 Å². The topological polar surface area (TPSA) is 115 Å². The number of hydrogen-bond acceptors (Lipinski definition) is 7. The molecule has 1 saturated heterocycles. The number of unbranched alkanes of at least 4 members (excludes halogenated alkanes) is 2. The fourth-order valence-corrected chi connectivity index (χ4v) is 3.28. The molecule has 2 rings (SSSR count). The maximum Gasteiger partial charge on any atom is 0.258 e. The molecule has 1 fully saturated rings. The molecule has 10 heteroatoms. The Bertz CT molecular complexity index is 684. The third-order valence-corrected chi connectivity index (χ3v) is 4.85. The molecule has 0 saturated carbocycles. The van der Waals surface area contributed by atoms with E-state index in [1.165, 1.54) is 37.5 Å². The van der Waals surface area contributed by atoms with Crippen molar-refractivity contribution in [3.63, 3.8) is 0 Å². The van der Waals surface area contributed by atoms with Crippen molar-refractivity contribution in [1.29, 1.82) is 0 Å². The van der Waals surface area contributed by atoms with Crippen LogP contribution in [0.25, 0.3) is 0 Å². The van der Waals surface area contributed by atoms with E-state index in [1.54, 1.807) is 0 Å². The van der Waals surface area contributed by atoms with Gasteiger partial charge >= 0.3 is 0 Å². The fraction of sp³-hybridized carbons (Fsp3) is 0.600. The lowest BCUT2D eigenvalue weighted by atomic mass is 10.1. The van der Waals surface area contributed by atoms with E-state index in [1.807, 2.05) is 0 Å². The molecule has 4 atom stereocenters. The van der Waals surface area contributed by atoms with Gasteiger partial charge in [0.1, 0.15) is 18.0 Å². The van der Waals surface area contributed by atoms with Crippen molar-refractivity contribution in [3.05, 3.63) is 36.3 Å². The van der Waals surface area contributed by atoms with Gasteiger partial charge < -0.3 is 35.5 Å². The van der Waals surface area contributed by atoms with Gasteiger partial charge in [0.05, 0.1) is 12.2 Å². The van der Waals surface area contributed by atoms with Gasteiger partial charge in [-0.05, 0) is 25.5 Å². The van der Waals surface area contributed by atoms with Gasteiger partial charge in [0.25, 0.3) is 5.91 Å². The Morgan fingerprint density at radius 2 is 2.20 bits per heavy atom. The molecule has 0 aromatic carbocycles. The van der Waals surface area contributed by atoms with Crippen LogP contribution in [0.4, 0.5) is 4.39 Å². The summed E-state index contributed by atoms with van der Waals surface area (Å²) >= 11 is 0. The Morgan fingerprint density at radius 3 is 2.87 bits per heavy atom. The molecule has 2 heterocycles. The summed E-state index contributed by atoms with van der Waals surface area (Å²) in [5.74, 6) is -0.608. The summed E-state index contributed by atoms with van der Waals surface area (Å²) in [6, 6.07) is 0. The number of nitrogens with one attached hydrogen (secondary N) is 2. The van der Waals surface area contributed by atoms with E-state index in [4.69, 9.17) is 19.9 Å². The number of carbonyl (C=O) groups is 2. The first kappa shape index (κ1) is 24.0. The number of carbonyl (C=O) groups excluding carboxylic acids is 2. The first-order chi connectivity index (χ1) is 14.4. The second-order valence-corrected chi connectivity index (χ2v) is 7.03. The van der Waals surface area contributed by atoms with Crippen molar-refractivity contribution in [3.8, 4) is 0 Å². The predicted molar refractivity (Wildman–Crippen MR) is 108 cm³/mol. The van der Waals surface area contributed by atoms with E-state index >= 15 is 0 Å². The SMILES string of the molecule is C=C1NC(=O)C(/C=C/C(=O)NCCCCCN)=CN1[C@@H]1O[C@H](COC)[C@@H](OC)C1F. The highest BCUT2D eigenvalue weighted by Crippen LogP contribution is 2.31. The molecule has 1 unspecified atom stereocenters. The molecule has 0 radical (unpaired) electrons. The highest BCUT2D eigenvalue weighted by molar-refractivity contribution is 6.00. The summed E-state index contributed by atoms with van der Waals surface area (Å²) in [6.45, 7) is 5.07. The lowest BCUT2D eigenvalue weighted by Crippen LogP contribution is -2.46. The number of nitrogens with zero attached hydrogens (tertiary/aromatic N) is 1. The lowest BCUT2D eigenvalue weighted by molar-refractivity contribution is -0.119. The van der Waals surface area contributed by atoms with Crippen molar-refractivity contribution < 1.29 is 28.2 Å². The standard InChI is InChI=1S/C20H31FN4O5/c1-13-24-19(27)14(7-8-16(26)23-10-6-4-5-9-22)11-25(13)20-17(21)18(29-3)15(30-20)12-28-2/h7-8,11,15,17-18,20H,1,4-6,9-10,12,22H2,2-3H3,(H,23,26)(H,24,27)/b8-7+/t15-,17?,18-,20-/m1/s1. The van der Waals surface area contributed by atoms with Crippen molar-refractivity contribution in [2.24, 2.45) is 5.73 Å². The Balaban J connectivity index is 2.04. The van der Waals surface area contributed by atoms with Gasteiger partial charge in [-0.3, -0.25) is 9.59 Å². The fourth-order valence-electron chi connectivity index (χ4n) is 3.28. The largest absolute Gasteiger partial charge is 0.382 e. The van der Waals surface area contributed by atoms with E-state index in [2.05, 4.69) is 17.2 Å². The van der Waals surface area contributed by atoms with Crippen LogP contribution in [0.15, 0.2) is 36.3 Å². The van der Waals surface area contributed by atoms with E-state index in [0.29, 0.717) is 13.1 Å². The number of halogens is 1. The monoisotopic (exact) mass is 426 g/mol. The van der Waals surface area contributed by atoms with Gasteiger partial charge in [0.2, 0.25) is 5.91 Å². The van der Waals surface area contributed by atoms with Crippen molar-refractivity contribution in [1.82, 2.24) is 15.5 Å². The number of methoxy groups -OCH3 is 2. The molecule has 30 heavy (non-hydrogen) atoms. The molecule has 0 aromatic rings. The van der Waals surface area contributed by atoms with Crippen molar-refractivity contribution >= 4 is 11.8 Å². The minimum absolute atomic E-state index is 0.157. The molecule has 2 aliphatic rings. The minimum Gasteiger partial charge on any atom is -0.382 e. The van der Waals surface area contributed by atoms with Crippen LogP contribution >= 0.6 is 0 Å². The molecule has 2 amide bonds. The minimum atomic E-state index is -1.50. The van der Waals surface area contributed by atoms with Crippen LogP contribution in [0, 0.1) is 0 Å². The third kappa shape index (κ3) is 6.11. The van der Waals surface area contributed by atoms with Gasteiger partial charge in [0, 0.05) is 33.0 Å². The predicted octanol–water partition coefficient (Wildman–Crippen LogP) is 0.299. The summed E-state index contributed by atoms with van der Waals surface area (Å²) in [4.78, 5) is 25.6. The summed E-state index contributed by atoms with van der Waals surface area (Å²) in [5.41, 5.74) is 5.60. The highest BCUT2D eigenvalue weighted by atomic mass is 19.1. The zero-order valence-corrected chi connectivity index (χ0v) is 17.4. The van der Waals surface area contributed by atoms with E-state index < -0.39 is 30.5 Å². The zero-order valence-electron chi connectivity index (χ0n) is 17.4. The molecule has 0 aliphatic carbocycles. The summed E-state index contributed by atoms with van der Waals surface area (Å²) in [7, 11) is 2.89. The van der Waals surface area contributed by atoms with Gasteiger partial charge in [-0.1, -0.05) is 13.0 Å². The van der Waals surface area contributed by atoms with E-state index in [-0.39, 0.29) is 23.9 Å². The van der Waals surface area contributed by atoms with Crippen molar-refractivity contribution in [2.45, 2.75) is 43.9 Å². The number of hydrogen-bond donors (Lipinski definition) is 3. The molecule has 4 N–H and O–H groups in total. The molecule has 2 aliphatic heterocycles. The number of alkyl halides is 1. The molecular weight excluding hydrogens is 395 g/mol. The average molecular weight is 426 g/mol. The molecule has 0 bridgehead atoms. The number of rotatable bonds is 11. The van der Waals surface area contributed by atoms with Crippen LogP contribution < -0.4 is 16.4 Å². The molecule has 0 spiro atoms. The maximum atomic E-state index is 14.9. The first-order valence-electron chi connectivity index (χ1n) is 9.90. The van der Waals surface area contributed by atoms with Crippen molar-refractivity contribution in [2.75, 3.05) is 33.9 Å². The maximum absolute atomic E-state index is 14.9. The summed E-state index contributed by atoms with van der Waals surface area (Å²) in [5, 5.41) is 5.30. The quantitative estimate of drug-likeness (QED) is 0.321. The van der Waals surface area contributed by atoms with Crippen LogP contribution in [0.2, 0.25) is 0 Å². The Hall–Kier alpha value is -2.27. The molecule has 168 valence electrons. The van der Waals surface area contributed by atoms with Crippen LogP contribution in [-0.4, -0.2) is 75.2 Å². The second kappa shape index (κ2) is 11.8. The number of nitrogens with two attached hydrogens (primary N) is 1. The Labute approximate surface area is 176 Å². The summed E-state index contributed by atoms with van der Waals surface area (Å²) in [6.07, 6.45) is 2.72.